The lowest BCUT2D eigenvalue weighted by atomic mass is 9.98. The molecule has 0 amide bonds. The van der Waals surface area contributed by atoms with Gasteiger partial charge in [0.2, 0.25) is 0 Å². The quantitative estimate of drug-likeness (QED) is 0.524. The molecule has 0 saturated heterocycles. The van der Waals surface area contributed by atoms with E-state index in [1.54, 1.807) is 6.07 Å². The van der Waals surface area contributed by atoms with Gasteiger partial charge in [-0.15, -0.1) is 11.8 Å². The van der Waals surface area contributed by atoms with E-state index >= 15 is 0 Å². The fraction of sp³-hybridized carbons (Fsp3) is 0.250. The maximum atomic E-state index is 13.2. The van der Waals surface area contributed by atoms with Gasteiger partial charge in [0.05, 0.1) is 10.6 Å². The second-order valence-corrected chi connectivity index (χ2v) is 13.1. The molecule has 3 nitrogen and oxygen atoms in total. The van der Waals surface area contributed by atoms with Gasteiger partial charge in [-0.2, -0.15) is 0 Å². The van der Waals surface area contributed by atoms with Crippen molar-refractivity contribution in [1.82, 2.24) is 0 Å². The summed E-state index contributed by atoms with van der Waals surface area (Å²) in [5.41, 5.74) is 5.74. The normalized spacial score (nSPS) is 25.7. The Morgan fingerprint density at radius 2 is 1.70 bits per heavy atom. The second kappa shape index (κ2) is 6.89. The van der Waals surface area contributed by atoms with Crippen LogP contribution in [-0.2, 0) is 40.3 Å². The van der Waals surface area contributed by atoms with Gasteiger partial charge in [0.15, 0.2) is 14.7 Å². The van der Waals surface area contributed by atoms with Crippen LogP contribution < -0.4 is 0 Å². The fourth-order valence-corrected chi connectivity index (χ4v) is 9.34. The van der Waals surface area contributed by atoms with Crippen molar-refractivity contribution in [3.63, 3.8) is 0 Å². The van der Waals surface area contributed by atoms with E-state index in [1.165, 1.54) is 21.6 Å². The van der Waals surface area contributed by atoms with Crippen molar-refractivity contribution in [3.05, 3.63) is 88.5 Å². The lowest BCUT2D eigenvalue weighted by molar-refractivity contribution is 0.588. The summed E-state index contributed by atoms with van der Waals surface area (Å²) in [5, 5.41) is 0.308. The predicted molar refractivity (Wildman–Crippen MR) is 120 cm³/mol. The molecule has 3 aromatic carbocycles. The molecule has 3 aromatic rings. The van der Waals surface area contributed by atoms with Gasteiger partial charge in [-0.25, -0.2) is 8.42 Å². The van der Waals surface area contributed by atoms with Crippen molar-refractivity contribution in [2.24, 2.45) is 0 Å². The Kier molecular flexibility index (Phi) is 4.36. The van der Waals surface area contributed by atoms with E-state index in [4.69, 9.17) is 0 Å². The third kappa shape index (κ3) is 2.96. The van der Waals surface area contributed by atoms with Crippen LogP contribution in [0.1, 0.15) is 38.3 Å². The van der Waals surface area contributed by atoms with E-state index in [1.807, 2.05) is 30.0 Å². The molecule has 6 rings (SSSR count). The molecule has 3 unspecified atom stereocenters. The summed E-state index contributed by atoms with van der Waals surface area (Å²) < 4.78 is 37.4. The number of rotatable bonds is 2. The molecule has 0 N–H and O–H groups in total. The summed E-state index contributed by atoms with van der Waals surface area (Å²) in [6.45, 7) is 0. The zero-order chi connectivity index (χ0) is 20.5. The highest BCUT2D eigenvalue weighted by Crippen LogP contribution is 2.48. The summed E-state index contributed by atoms with van der Waals surface area (Å²) in [6.07, 6.45) is 2.33. The van der Waals surface area contributed by atoms with Crippen LogP contribution in [0.4, 0.5) is 0 Å². The van der Waals surface area contributed by atoms with Crippen LogP contribution in [0.15, 0.2) is 75.4 Å². The standard InChI is InChI=1S/C24H20O3S3/c25-29-22-7-5-16(21-13-15-3-1-2-4-20(15)28-21)11-19(22)14-23(29)17-6-8-24-18(12-17)9-10-30(24,26)27/h1-8,11-12,21,23H,9-10,13-14H2. The van der Waals surface area contributed by atoms with Gasteiger partial charge in [-0.05, 0) is 71.0 Å². The Bertz CT molecular complexity index is 1260. The first kappa shape index (κ1) is 19.0. The molecule has 0 fully saturated rings. The summed E-state index contributed by atoms with van der Waals surface area (Å²) in [5.74, 6) is 0.185. The smallest absolute Gasteiger partial charge is 0.178 e. The predicted octanol–water partition coefficient (Wildman–Crippen LogP) is 4.81. The lowest BCUT2D eigenvalue weighted by Crippen LogP contribution is -2.09. The first-order chi connectivity index (χ1) is 14.5. The molecule has 0 radical (unpaired) electrons. The van der Waals surface area contributed by atoms with Crippen molar-refractivity contribution in [1.29, 1.82) is 0 Å². The van der Waals surface area contributed by atoms with E-state index in [0.717, 1.165) is 28.9 Å². The van der Waals surface area contributed by atoms with Crippen molar-refractivity contribution < 1.29 is 13.0 Å². The molecule has 0 bridgehead atoms. The average Bonchev–Trinajstić information content (AvgIpc) is 3.41. The van der Waals surface area contributed by atoms with Crippen LogP contribution in [0.3, 0.4) is 0 Å². The topological polar surface area (TPSA) is 57.2 Å². The largest absolute Gasteiger partial charge is 0.611 e. The van der Waals surface area contributed by atoms with Crippen LogP contribution in [0.2, 0.25) is 0 Å². The van der Waals surface area contributed by atoms with Crippen LogP contribution in [0.5, 0.6) is 0 Å². The van der Waals surface area contributed by atoms with Crippen molar-refractivity contribution in [3.8, 4) is 0 Å². The molecular formula is C24H20O3S3. The average molecular weight is 453 g/mol. The minimum absolute atomic E-state index is 0.0997. The van der Waals surface area contributed by atoms with E-state index in [0.29, 0.717) is 16.6 Å². The van der Waals surface area contributed by atoms with Gasteiger partial charge >= 0.3 is 0 Å². The van der Waals surface area contributed by atoms with Crippen molar-refractivity contribution in [2.45, 2.75) is 44.4 Å². The maximum absolute atomic E-state index is 13.2. The van der Waals surface area contributed by atoms with Gasteiger partial charge in [0.1, 0.15) is 5.25 Å². The lowest BCUT2D eigenvalue weighted by Gasteiger charge is -2.15. The van der Waals surface area contributed by atoms with Gasteiger partial charge < -0.3 is 4.55 Å². The molecule has 3 atom stereocenters. The molecule has 0 spiro atoms. The Balaban J connectivity index is 1.29. The SMILES string of the molecule is O=S1(=O)CCc2cc(C3Cc4cc(C5Cc6ccccc6S5)ccc4[S+]3[O-])ccc21. The van der Waals surface area contributed by atoms with E-state index in [-0.39, 0.29) is 11.0 Å². The zero-order valence-electron chi connectivity index (χ0n) is 16.2. The molecule has 6 heteroatoms. The molecule has 0 aromatic heterocycles. The summed E-state index contributed by atoms with van der Waals surface area (Å²) in [7, 11) is -3.13. The zero-order valence-corrected chi connectivity index (χ0v) is 18.7. The minimum Gasteiger partial charge on any atom is -0.611 e. The highest BCUT2D eigenvalue weighted by molar-refractivity contribution is 7.99. The van der Waals surface area contributed by atoms with Crippen LogP contribution in [0, 0.1) is 0 Å². The number of hydrogen-bond acceptors (Lipinski definition) is 4. The monoisotopic (exact) mass is 452 g/mol. The van der Waals surface area contributed by atoms with E-state index in [2.05, 4.69) is 36.4 Å². The molecule has 3 heterocycles. The first-order valence-corrected chi connectivity index (χ1v) is 13.9. The summed E-state index contributed by atoms with van der Waals surface area (Å²) in [6, 6.07) is 20.5. The molecule has 3 aliphatic heterocycles. The van der Waals surface area contributed by atoms with Crippen LogP contribution >= 0.6 is 11.8 Å². The fourth-order valence-electron chi connectivity index (χ4n) is 4.85. The Morgan fingerprint density at radius 1 is 0.900 bits per heavy atom. The number of benzene rings is 3. The molecule has 0 saturated carbocycles. The van der Waals surface area contributed by atoms with Crippen molar-refractivity contribution in [2.75, 3.05) is 5.75 Å². The minimum atomic E-state index is -3.13. The Hall–Kier alpha value is -1.73. The van der Waals surface area contributed by atoms with Gasteiger partial charge in [0.25, 0.3) is 0 Å². The maximum Gasteiger partial charge on any atom is 0.178 e. The summed E-state index contributed by atoms with van der Waals surface area (Å²) >= 11 is 0.805. The number of hydrogen-bond donors (Lipinski definition) is 0. The third-order valence-corrected chi connectivity index (χ3v) is 11.4. The molecule has 30 heavy (non-hydrogen) atoms. The number of fused-ring (bicyclic) bond motifs is 3. The second-order valence-electron chi connectivity index (χ2n) is 8.21. The number of thioether (sulfide) groups is 1. The first-order valence-electron chi connectivity index (χ1n) is 10.1. The van der Waals surface area contributed by atoms with Gasteiger partial charge in [-0.1, -0.05) is 30.3 Å². The van der Waals surface area contributed by atoms with Crippen LogP contribution in [-0.4, -0.2) is 18.7 Å². The highest BCUT2D eigenvalue weighted by Gasteiger charge is 2.38. The van der Waals surface area contributed by atoms with Gasteiger partial charge in [0, 0.05) is 27.7 Å². The van der Waals surface area contributed by atoms with E-state index in [9.17, 15) is 13.0 Å². The molecular weight excluding hydrogens is 432 g/mol. The third-order valence-electron chi connectivity index (χ3n) is 6.42. The summed E-state index contributed by atoms with van der Waals surface area (Å²) in [4.78, 5) is 2.74. The molecule has 3 aliphatic rings. The molecule has 152 valence electrons. The van der Waals surface area contributed by atoms with Gasteiger partial charge in [-0.3, -0.25) is 0 Å². The number of sulfone groups is 1. The van der Waals surface area contributed by atoms with Crippen molar-refractivity contribution >= 4 is 32.8 Å². The highest BCUT2D eigenvalue weighted by atomic mass is 32.2. The number of aryl methyl sites for hydroxylation is 1. The Morgan fingerprint density at radius 3 is 2.57 bits per heavy atom. The Labute approximate surface area is 184 Å². The molecule has 0 aliphatic carbocycles. The van der Waals surface area contributed by atoms with Crippen LogP contribution in [0.25, 0.3) is 0 Å². The van der Waals surface area contributed by atoms with E-state index < -0.39 is 21.0 Å².